The maximum Gasteiger partial charge on any atom is 0.435 e. The van der Waals surface area contributed by atoms with E-state index in [1.165, 1.54) is 4.68 Å². The summed E-state index contributed by atoms with van der Waals surface area (Å²) in [5.41, 5.74) is 1.45. The topological polar surface area (TPSA) is 17.8 Å². The summed E-state index contributed by atoms with van der Waals surface area (Å²) in [4.78, 5) is 0. The summed E-state index contributed by atoms with van der Waals surface area (Å²) >= 11 is 0. The number of halogens is 3. The van der Waals surface area contributed by atoms with Crippen molar-refractivity contribution in [3.8, 4) is 11.3 Å². The minimum atomic E-state index is -4.40. The molecule has 2 rings (SSSR count). The SMILES string of the molecule is CCn1nc(C(F)(F)F)cc1-c1ccc(C)cc1. The number of alkyl halides is 3. The molecule has 0 saturated carbocycles. The van der Waals surface area contributed by atoms with E-state index in [1.54, 1.807) is 19.1 Å². The molecule has 18 heavy (non-hydrogen) atoms. The molecule has 2 aromatic rings. The van der Waals surface area contributed by atoms with Crippen LogP contribution >= 0.6 is 0 Å². The summed E-state index contributed by atoms with van der Waals surface area (Å²) in [5, 5.41) is 3.59. The second-order valence-corrected chi connectivity index (χ2v) is 4.09. The highest BCUT2D eigenvalue weighted by molar-refractivity contribution is 5.60. The van der Waals surface area contributed by atoms with Crippen LogP contribution in [0.4, 0.5) is 13.2 Å². The van der Waals surface area contributed by atoms with Crippen LogP contribution in [0, 0.1) is 6.92 Å². The number of rotatable bonds is 2. The van der Waals surface area contributed by atoms with Crippen LogP contribution in [-0.4, -0.2) is 9.78 Å². The lowest BCUT2D eigenvalue weighted by atomic mass is 10.1. The summed E-state index contributed by atoms with van der Waals surface area (Å²) in [6.45, 7) is 4.10. The molecule has 0 amide bonds. The number of hydrogen-bond acceptors (Lipinski definition) is 1. The zero-order valence-corrected chi connectivity index (χ0v) is 10.1. The molecule has 96 valence electrons. The van der Waals surface area contributed by atoms with Gasteiger partial charge in [0.2, 0.25) is 0 Å². The Hall–Kier alpha value is -1.78. The van der Waals surface area contributed by atoms with E-state index in [0.717, 1.165) is 17.2 Å². The number of nitrogens with zero attached hydrogens (tertiary/aromatic N) is 2. The standard InChI is InChI=1S/C13H13F3N2/c1-3-18-11(8-12(17-18)13(14,15)16)10-6-4-9(2)5-7-10/h4-8H,3H2,1-2H3. The number of hydrogen-bond donors (Lipinski definition) is 0. The molecule has 1 heterocycles. The number of benzene rings is 1. The lowest BCUT2D eigenvalue weighted by Crippen LogP contribution is -2.07. The predicted octanol–water partition coefficient (Wildman–Crippen LogP) is 3.90. The van der Waals surface area contributed by atoms with E-state index < -0.39 is 11.9 Å². The minimum absolute atomic E-state index is 0.402. The van der Waals surface area contributed by atoms with Crippen molar-refractivity contribution in [3.05, 3.63) is 41.6 Å². The van der Waals surface area contributed by atoms with Crippen LogP contribution in [0.5, 0.6) is 0 Å². The molecule has 1 aromatic heterocycles. The van der Waals surface area contributed by atoms with E-state index in [0.29, 0.717) is 12.2 Å². The van der Waals surface area contributed by atoms with E-state index in [9.17, 15) is 13.2 Å². The highest BCUT2D eigenvalue weighted by Crippen LogP contribution is 2.31. The van der Waals surface area contributed by atoms with Crippen LogP contribution in [0.2, 0.25) is 0 Å². The predicted molar refractivity (Wildman–Crippen MR) is 63.1 cm³/mol. The summed E-state index contributed by atoms with van der Waals surface area (Å²) in [6, 6.07) is 8.44. The molecule has 0 atom stereocenters. The van der Waals surface area contributed by atoms with E-state index in [-0.39, 0.29) is 0 Å². The summed E-state index contributed by atoms with van der Waals surface area (Å²) in [5.74, 6) is 0. The quantitative estimate of drug-likeness (QED) is 0.794. The van der Waals surface area contributed by atoms with Crippen molar-refractivity contribution in [1.82, 2.24) is 9.78 Å². The van der Waals surface area contributed by atoms with E-state index in [1.807, 2.05) is 19.1 Å². The maximum atomic E-state index is 12.6. The Bertz CT molecular complexity index is 538. The van der Waals surface area contributed by atoms with Gasteiger partial charge in [0, 0.05) is 6.54 Å². The van der Waals surface area contributed by atoms with Gasteiger partial charge in [-0.3, -0.25) is 4.68 Å². The van der Waals surface area contributed by atoms with Crippen molar-refractivity contribution in [2.45, 2.75) is 26.6 Å². The lowest BCUT2D eigenvalue weighted by Gasteiger charge is -2.04. The third-order valence-corrected chi connectivity index (χ3v) is 2.72. The second-order valence-electron chi connectivity index (χ2n) is 4.09. The van der Waals surface area contributed by atoms with Crippen molar-refractivity contribution in [2.75, 3.05) is 0 Å². The van der Waals surface area contributed by atoms with Gasteiger partial charge >= 0.3 is 6.18 Å². The Kier molecular flexibility index (Phi) is 3.15. The third-order valence-electron chi connectivity index (χ3n) is 2.72. The molecular formula is C13H13F3N2. The van der Waals surface area contributed by atoms with Gasteiger partial charge in [-0.1, -0.05) is 29.8 Å². The Morgan fingerprint density at radius 2 is 1.78 bits per heavy atom. The molecule has 0 saturated heterocycles. The van der Waals surface area contributed by atoms with Crippen LogP contribution in [-0.2, 0) is 12.7 Å². The fourth-order valence-corrected chi connectivity index (χ4v) is 1.75. The first-order valence-electron chi connectivity index (χ1n) is 5.64. The van der Waals surface area contributed by atoms with Crippen LogP contribution < -0.4 is 0 Å². The molecule has 0 spiro atoms. The first-order valence-corrected chi connectivity index (χ1v) is 5.64. The minimum Gasteiger partial charge on any atom is -0.265 e. The molecule has 0 aliphatic rings. The van der Waals surface area contributed by atoms with Gasteiger partial charge in [-0.25, -0.2) is 0 Å². The van der Waals surface area contributed by atoms with Crippen molar-refractivity contribution >= 4 is 0 Å². The zero-order chi connectivity index (χ0) is 13.3. The van der Waals surface area contributed by atoms with Crippen molar-refractivity contribution in [1.29, 1.82) is 0 Å². The Morgan fingerprint density at radius 3 is 2.28 bits per heavy atom. The highest BCUT2D eigenvalue weighted by Gasteiger charge is 2.34. The van der Waals surface area contributed by atoms with Crippen molar-refractivity contribution in [3.63, 3.8) is 0 Å². The number of aromatic nitrogens is 2. The molecule has 2 nitrogen and oxygen atoms in total. The van der Waals surface area contributed by atoms with Crippen LogP contribution in [0.15, 0.2) is 30.3 Å². The fraction of sp³-hybridized carbons (Fsp3) is 0.308. The van der Waals surface area contributed by atoms with Crippen molar-refractivity contribution in [2.24, 2.45) is 0 Å². The number of aryl methyl sites for hydroxylation is 2. The molecule has 0 aliphatic carbocycles. The van der Waals surface area contributed by atoms with Crippen LogP contribution in [0.25, 0.3) is 11.3 Å². The second kappa shape index (κ2) is 4.48. The zero-order valence-electron chi connectivity index (χ0n) is 10.1. The van der Waals surface area contributed by atoms with E-state index >= 15 is 0 Å². The van der Waals surface area contributed by atoms with Gasteiger partial charge in [-0.2, -0.15) is 18.3 Å². The molecular weight excluding hydrogens is 241 g/mol. The molecule has 5 heteroatoms. The maximum absolute atomic E-state index is 12.6. The summed E-state index contributed by atoms with van der Waals surface area (Å²) < 4.78 is 39.2. The normalized spacial score (nSPS) is 11.8. The first kappa shape index (κ1) is 12.7. The molecule has 1 aromatic carbocycles. The van der Waals surface area contributed by atoms with Gasteiger partial charge in [0.15, 0.2) is 5.69 Å². The van der Waals surface area contributed by atoms with Gasteiger partial charge in [0.05, 0.1) is 5.69 Å². The lowest BCUT2D eigenvalue weighted by molar-refractivity contribution is -0.141. The molecule has 0 N–H and O–H groups in total. The average Bonchev–Trinajstić information content (AvgIpc) is 2.73. The van der Waals surface area contributed by atoms with Gasteiger partial charge in [-0.15, -0.1) is 0 Å². The summed E-state index contributed by atoms with van der Waals surface area (Å²) in [6.07, 6.45) is -4.40. The molecule has 0 radical (unpaired) electrons. The van der Waals surface area contributed by atoms with Gasteiger partial charge in [0.1, 0.15) is 0 Å². The Labute approximate surface area is 103 Å². The Morgan fingerprint density at radius 1 is 1.17 bits per heavy atom. The average molecular weight is 254 g/mol. The Balaban J connectivity index is 2.50. The first-order chi connectivity index (χ1) is 8.41. The smallest absolute Gasteiger partial charge is 0.265 e. The van der Waals surface area contributed by atoms with E-state index in [2.05, 4.69) is 5.10 Å². The van der Waals surface area contributed by atoms with Gasteiger partial charge in [0.25, 0.3) is 0 Å². The van der Waals surface area contributed by atoms with Gasteiger partial charge in [-0.05, 0) is 25.5 Å². The summed E-state index contributed by atoms with van der Waals surface area (Å²) in [7, 11) is 0. The molecule has 0 bridgehead atoms. The van der Waals surface area contributed by atoms with E-state index in [4.69, 9.17) is 0 Å². The van der Waals surface area contributed by atoms with Crippen molar-refractivity contribution < 1.29 is 13.2 Å². The van der Waals surface area contributed by atoms with Gasteiger partial charge < -0.3 is 0 Å². The highest BCUT2D eigenvalue weighted by atomic mass is 19.4. The monoisotopic (exact) mass is 254 g/mol. The molecule has 0 fully saturated rings. The van der Waals surface area contributed by atoms with Crippen LogP contribution in [0.3, 0.4) is 0 Å². The molecule has 0 aliphatic heterocycles. The largest absolute Gasteiger partial charge is 0.435 e. The third kappa shape index (κ3) is 2.39. The molecule has 0 unspecified atom stereocenters. The van der Waals surface area contributed by atoms with Crippen LogP contribution in [0.1, 0.15) is 18.2 Å². The fourth-order valence-electron chi connectivity index (χ4n) is 1.75.